The smallest absolute Gasteiger partial charge is 0.283 e. The summed E-state index contributed by atoms with van der Waals surface area (Å²) in [5, 5.41) is 20.1. The van der Waals surface area contributed by atoms with Gasteiger partial charge in [-0.15, -0.1) is 10.2 Å². The van der Waals surface area contributed by atoms with Crippen LogP contribution >= 0.6 is 31.9 Å². The van der Waals surface area contributed by atoms with Crippen LogP contribution in [-0.4, -0.2) is 28.4 Å². The van der Waals surface area contributed by atoms with E-state index in [-0.39, 0.29) is 17.1 Å². The minimum Gasteiger partial charge on any atom is -0.493 e. The standard InChI is InChI=1S/C17H11Br2FN4O3/c18-8-5-10-14(11(19)6-8)22-17(27)15(10)24-23-13(25)7-21-16(26)9-3-1-2-4-12(9)20/h1-6,22,27H,7H2,(H,21,26). The van der Waals surface area contributed by atoms with Crippen LogP contribution in [0.5, 0.6) is 5.88 Å². The summed E-state index contributed by atoms with van der Waals surface area (Å²) in [6.07, 6.45) is 0. The molecule has 0 saturated carbocycles. The van der Waals surface area contributed by atoms with Crippen molar-refractivity contribution in [2.75, 3.05) is 6.54 Å². The zero-order valence-corrected chi connectivity index (χ0v) is 16.6. The molecule has 7 nitrogen and oxygen atoms in total. The lowest BCUT2D eigenvalue weighted by Gasteiger charge is -2.03. The van der Waals surface area contributed by atoms with E-state index in [4.69, 9.17) is 0 Å². The first kappa shape index (κ1) is 19.2. The monoisotopic (exact) mass is 496 g/mol. The number of nitrogens with zero attached hydrogens (tertiary/aromatic N) is 2. The molecule has 0 spiro atoms. The number of nitrogens with one attached hydrogen (secondary N) is 2. The summed E-state index contributed by atoms with van der Waals surface area (Å²) in [6.45, 7) is -0.465. The molecule has 10 heteroatoms. The van der Waals surface area contributed by atoms with Crippen molar-refractivity contribution < 1.29 is 19.1 Å². The van der Waals surface area contributed by atoms with Gasteiger partial charge in [0.15, 0.2) is 5.69 Å². The molecule has 0 fully saturated rings. The van der Waals surface area contributed by atoms with Gasteiger partial charge in [-0.25, -0.2) is 4.39 Å². The van der Waals surface area contributed by atoms with Crippen LogP contribution in [0.3, 0.4) is 0 Å². The van der Waals surface area contributed by atoms with Crippen LogP contribution in [0.1, 0.15) is 10.4 Å². The third kappa shape index (κ3) is 4.22. The second-order valence-corrected chi connectivity index (χ2v) is 7.16. The van der Waals surface area contributed by atoms with Gasteiger partial charge in [0.2, 0.25) is 5.88 Å². The number of hydrogen-bond acceptors (Lipinski definition) is 4. The molecule has 0 aliphatic rings. The number of H-pyrrole nitrogens is 1. The van der Waals surface area contributed by atoms with Gasteiger partial charge in [0.25, 0.3) is 11.8 Å². The Hall–Kier alpha value is -2.59. The van der Waals surface area contributed by atoms with Crippen LogP contribution in [-0.2, 0) is 4.79 Å². The lowest BCUT2D eigenvalue weighted by molar-refractivity contribution is -0.117. The molecule has 0 saturated heterocycles. The molecular weight excluding hydrogens is 487 g/mol. The predicted molar refractivity (Wildman–Crippen MR) is 104 cm³/mol. The Labute approximate surface area is 168 Å². The number of amides is 2. The lowest BCUT2D eigenvalue weighted by atomic mass is 10.2. The second-order valence-electron chi connectivity index (χ2n) is 5.39. The van der Waals surface area contributed by atoms with Crippen molar-refractivity contribution in [1.29, 1.82) is 0 Å². The van der Waals surface area contributed by atoms with Crippen LogP contribution in [0.2, 0.25) is 0 Å². The molecular formula is C17H11Br2FN4O3. The normalized spacial score (nSPS) is 11.2. The maximum atomic E-state index is 13.5. The molecule has 1 heterocycles. The molecule has 3 N–H and O–H groups in total. The summed E-state index contributed by atoms with van der Waals surface area (Å²) in [5.74, 6) is -2.44. The molecule has 0 atom stereocenters. The maximum Gasteiger partial charge on any atom is 0.283 e. The molecule has 3 rings (SSSR count). The largest absolute Gasteiger partial charge is 0.493 e. The zero-order valence-electron chi connectivity index (χ0n) is 13.5. The first-order valence-electron chi connectivity index (χ1n) is 7.54. The molecule has 0 unspecified atom stereocenters. The van der Waals surface area contributed by atoms with Gasteiger partial charge in [0, 0.05) is 14.3 Å². The topological polar surface area (TPSA) is 107 Å². The molecule has 0 bridgehead atoms. The van der Waals surface area contributed by atoms with E-state index in [1.54, 1.807) is 12.1 Å². The number of aromatic nitrogens is 1. The molecule has 3 aromatic rings. The van der Waals surface area contributed by atoms with Crippen LogP contribution in [0.25, 0.3) is 10.9 Å². The highest BCUT2D eigenvalue weighted by molar-refractivity contribution is 9.11. The fourth-order valence-electron chi connectivity index (χ4n) is 2.33. The van der Waals surface area contributed by atoms with Crippen molar-refractivity contribution in [2.45, 2.75) is 0 Å². The number of azo groups is 1. The van der Waals surface area contributed by atoms with Crippen LogP contribution in [0.4, 0.5) is 10.1 Å². The van der Waals surface area contributed by atoms with E-state index in [1.807, 2.05) is 0 Å². The van der Waals surface area contributed by atoms with Crippen molar-refractivity contribution in [2.24, 2.45) is 10.2 Å². The Morgan fingerprint density at radius 3 is 2.70 bits per heavy atom. The number of fused-ring (bicyclic) bond motifs is 1. The van der Waals surface area contributed by atoms with Crippen molar-refractivity contribution >= 4 is 60.3 Å². The Morgan fingerprint density at radius 2 is 1.96 bits per heavy atom. The Bertz CT molecular complexity index is 1080. The number of benzene rings is 2. The fraction of sp³-hybridized carbons (Fsp3) is 0.0588. The first-order chi connectivity index (χ1) is 12.9. The van der Waals surface area contributed by atoms with Crippen molar-refractivity contribution in [3.8, 4) is 5.88 Å². The fourth-order valence-corrected chi connectivity index (χ4v) is 3.66. The van der Waals surface area contributed by atoms with Crippen molar-refractivity contribution in [3.63, 3.8) is 0 Å². The average Bonchev–Trinajstić information content (AvgIpc) is 2.94. The highest BCUT2D eigenvalue weighted by Crippen LogP contribution is 2.40. The number of carbonyl (C=O) groups excluding carboxylic acids is 2. The number of aromatic hydroxyl groups is 1. The Morgan fingerprint density at radius 1 is 1.22 bits per heavy atom. The van der Waals surface area contributed by atoms with Gasteiger partial charge in [-0.3, -0.25) is 9.59 Å². The van der Waals surface area contributed by atoms with Crippen LogP contribution < -0.4 is 5.32 Å². The van der Waals surface area contributed by atoms with E-state index in [0.29, 0.717) is 15.4 Å². The zero-order chi connectivity index (χ0) is 19.6. The van der Waals surface area contributed by atoms with E-state index in [0.717, 1.165) is 10.5 Å². The summed E-state index contributed by atoms with van der Waals surface area (Å²) >= 11 is 6.69. The number of carbonyl (C=O) groups is 2. The van der Waals surface area contributed by atoms with Crippen molar-refractivity contribution in [3.05, 3.63) is 56.7 Å². The molecule has 27 heavy (non-hydrogen) atoms. The molecule has 2 amide bonds. The van der Waals surface area contributed by atoms with Gasteiger partial charge in [-0.05, 0) is 40.2 Å². The summed E-state index contributed by atoms with van der Waals surface area (Å²) in [5.41, 5.74) is 0.497. The Balaban J connectivity index is 1.72. The van der Waals surface area contributed by atoms with Gasteiger partial charge in [0.1, 0.15) is 12.4 Å². The first-order valence-corrected chi connectivity index (χ1v) is 9.12. The predicted octanol–water partition coefficient (Wildman–Crippen LogP) is 4.58. The molecule has 138 valence electrons. The van der Waals surface area contributed by atoms with Gasteiger partial charge < -0.3 is 15.4 Å². The third-order valence-corrected chi connectivity index (χ3v) is 4.64. The molecule has 0 aliphatic carbocycles. The Kier molecular flexibility index (Phi) is 5.66. The van der Waals surface area contributed by atoms with E-state index >= 15 is 0 Å². The molecule has 0 aliphatic heterocycles. The highest BCUT2D eigenvalue weighted by Gasteiger charge is 2.15. The summed E-state index contributed by atoms with van der Waals surface area (Å²) < 4.78 is 15.0. The number of aromatic amines is 1. The van der Waals surface area contributed by atoms with Crippen LogP contribution in [0, 0.1) is 5.82 Å². The van der Waals surface area contributed by atoms with Gasteiger partial charge in [-0.2, -0.15) is 0 Å². The average molecular weight is 498 g/mol. The third-order valence-electron chi connectivity index (χ3n) is 3.56. The van der Waals surface area contributed by atoms with E-state index in [9.17, 15) is 19.1 Å². The molecule has 0 radical (unpaired) electrons. The molecule has 2 aromatic carbocycles. The van der Waals surface area contributed by atoms with Crippen LogP contribution in [0.15, 0.2) is 55.6 Å². The number of halogens is 3. The van der Waals surface area contributed by atoms with Gasteiger partial charge in [0.05, 0.1) is 11.1 Å². The minimum atomic E-state index is -0.762. The van der Waals surface area contributed by atoms with Crippen molar-refractivity contribution in [1.82, 2.24) is 10.3 Å². The summed E-state index contributed by atoms with van der Waals surface area (Å²) in [6, 6.07) is 8.89. The number of hydrogen-bond donors (Lipinski definition) is 3. The summed E-state index contributed by atoms with van der Waals surface area (Å²) in [4.78, 5) is 26.5. The van der Waals surface area contributed by atoms with Gasteiger partial charge in [-0.1, -0.05) is 28.1 Å². The quantitative estimate of drug-likeness (QED) is 0.459. The van der Waals surface area contributed by atoms with E-state index < -0.39 is 24.2 Å². The lowest BCUT2D eigenvalue weighted by Crippen LogP contribution is -2.29. The summed E-state index contributed by atoms with van der Waals surface area (Å²) in [7, 11) is 0. The SMILES string of the molecule is O=C(CNC(=O)c1ccccc1F)N=Nc1c(O)[nH]c2c(Br)cc(Br)cc12. The van der Waals surface area contributed by atoms with E-state index in [2.05, 4.69) is 52.4 Å². The van der Waals surface area contributed by atoms with E-state index in [1.165, 1.54) is 18.2 Å². The number of rotatable bonds is 4. The second kappa shape index (κ2) is 7.97. The maximum absolute atomic E-state index is 13.5. The minimum absolute atomic E-state index is 0.0841. The molecule has 1 aromatic heterocycles. The highest BCUT2D eigenvalue weighted by atomic mass is 79.9. The van der Waals surface area contributed by atoms with Gasteiger partial charge >= 0.3 is 0 Å².